The molecule has 224 valence electrons. The van der Waals surface area contributed by atoms with Crippen LogP contribution in [0.4, 0.5) is 31.1 Å². The molecule has 2 N–H and O–H groups in total. The number of amides is 2. The van der Waals surface area contributed by atoms with E-state index in [9.17, 15) is 35.9 Å². The van der Waals surface area contributed by atoms with Gasteiger partial charge in [0.05, 0.1) is 11.0 Å². The van der Waals surface area contributed by atoms with Crippen LogP contribution in [-0.2, 0) is 21.6 Å². The van der Waals surface area contributed by atoms with Gasteiger partial charge in [-0.2, -0.15) is 5.48 Å². The smallest absolute Gasteiger partial charge is 0.406 e. The lowest BCUT2D eigenvalue weighted by molar-refractivity contribution is -0.275. The molecule has 3 aromatic rings. The third-order valence-electron chi connectivity index (χ3n) is 6.96. The molecule has 0 spiro atoms. The summed E-state index contributed by atoms with van der Waals surface area (Å²) in [5, 5.41) is 2.64. The monoisotopic (exact) mass is 596 g/mol. The van der Waals surface area contributed by atoms with Gasteiger partial charge in [-0.3, -0.25) is 0 Å². The van der Waals surface area contributed by atoms with Crippen molar-refractivity contribution in [2.45, 2.75) is 50.9 Å². The first kappa shape index (κ1) is 30.5. The first-order chi connectivity index (χ1) is 19.7. The summed E-state index contributed by atoms with van der Waals surface area (Å²) in [6.07, 6.45) is -8.58. The molecular formula is C29H26F6N2O5. The number of carbonyl (C=O) groups excluding carboxylic acids is 2. The molecule has 0 unspecified atom stereocenters. The molecule has 0 aromatic heterocycles. The van der Waals surface area contributed by atoms with Gasteiger partial charge < -0.3 is 19.6 Å². The van der Waals surface area contributed by atoms with Crippen LogP contribution in [0.25, 0.3) is 0 Å². The average molecular weight is 597 g/mol. The van der Waals surface area contributed by atoms with Crippen LogP contribution < -0.4 is 20.3 Å². The molecule has 1 aliphatic carbocycles. The van der Waals surface area contributed by atoms with E-state index in [0.717, 1.165) is 24.3 Å². The van der Waals surface area contributed by atoms with Gasteiger partial charge >= 0.3 is 24.7 Å². The normalized spacial score (nSPS) is 14.5. The van der Waals surface area contributed by atoms with E-state index in [4.69, 9.17) is 4.84 Å². The Kier molecular flexibility index (Phi) is 8.60. The van der Waals surface area contributed by atoms with Crippen LogP contribution in [0.15, 0.2) is 78.9 Å². The Labute approximate surface area is 236 Å². The van der Waals surface area contributed by atoms with E-state index in [-0.39, 0.29) is 17.5 Å². The van der Waals surface area contributed by atoms with Crippen LogP contribution in [0.2, 0.25) is 0 Å². The van der Waals surface area contributed by atoms with Crippen LogP contribution in [0.5, 0.6) is 11.5 Å². The van der Waals surface area contributed by atoms with Crippen molar-refractivity contribution in [2.75, 3.05) is 0 Å². The maximum Gasteiger partial charge on any atom is 0.573 e. The number of hydrogen-bond acceptors (Lipinski definition) is 5. The molecule has 0 radical (unpaired) electrons. The van der Waals surface area contributed by atoms with Crippen molar-refractivity contribution >= 4 is 12.0 Å². The number of rotatable bonds is 9. The number of hydrogen-bond donors (Lipinski definition) is 2. The van der Waals surface area contributed by atoms with E-state index < -0.39 is 47.2 Å². The number of hydroxylamine groups is 1. The summed E-state index contributed by atoms with van der Waals surface area (Å²) in [4.78, 5) is 30.8. The van der Waals surface area contributed by atoms with E-state index in [2.05, 4.69) is 14.8 Å². The van der Waals surface area contributed by atoms with E-state index in [1.807, 2.05) is 5.48 Å². The second kappa shape index (κ2) is 11.8. The van der Waals surface area contributed by atoms with Gasteiger partial charge in [0.1, 0.15) is 11.5 Å². The Balaban J connectivity index is 1.81. The third kappa shape index (κ3) is 7.65. The van der Waals surface area contributed by atoms with E-state index in [1.54, 1.807) is 37.3 Å². The number of urea groups is 1. The van der Waals surface area contributed by atoms with Gasteiger partial charge in [0.2, 0.25) is 0 Å². The Morgan fingerprint density at radius 2 is 1.31 bits per heavy atom. The topological polar surface area (TPSA) is 85.9 Å². The molecule has 0 bridgehead atoms. The highest BCUT2D eigenvalue weighted by atomic mass is 19.4. The Bertz CT molecular complexity index is 1350. The van der Waals surface area contributed by atoms with Crippen molar-refractivity contribution in [2.24, 2.45) is 5.41 Å². The van der Waals surface area contributed by atoms with Gasteiger partial charge in [-0.15, -0.1) is 26.3 Å². The SMILES string of the molecule is CCC1(C(=O)ONC(=O)NC(Cc2ccccc2)(c2cccc(OC(F)(F)F)c2)c2cccc(OC(F)(F)F)c2)CC1. The summed E-state index contributed by atoms with van der Waals surface area (Å²) < 4.78 is 86.7. The zero-order valence-electron chi connectivity index (χ0n) is 22.1. The number of halogens is 6. The molecule has 2 amide bonds. The van der Waals surface area contributed by atoms with Gasteiger partial charge in [0.15, 0.2) is 0 Å². The van der Waals surface area contributed by atoms with Gasteiger partial charge in [-0.1, -0.05) is 61.5 Å². The summed E-state index contributed by atoms with van der Waals surface area (Å²) in [6.45, 7) is 1.80. The molecule has 4 rings (SSSR count). The van der Waals surface area contributed by atoms with Crippen molar-refractivity contribution in [1.29, 1.82) is 0 Å². The molecular weight excluding hydrogens is 570 g/mol. The molecule has 0 aliphatic heterocycles. The van der Waals surface area contributed by atoms with Crippen LogP contribution in [-0.4, -0.2) is 24.7 Å². The molecule has 13 heteroatoms. The summed E-state index contributed by atoms with van der Waals surface area (Å²) in [7, 11) is 0. The van der Waals surface area contributed by atoms with E-state index >= 15 is 0 Å². The summed E-state index contributed by atoms with van der Waals surface area (Å²) in [5.74, 6) is -1.92. The third-order valence-corrected chi connectivity index (χ3v) is 6.96. The fraction of sp³-hybridized carbons (Fsp3) is 0.310. The van der Waals surface area contributed by atoms with Crippen LogP contribution >= 0.6 is 0 Å². The number of carbonyl (C=O) groups is 2. The standard InChI is InChI=1S/C29H26F6N2O5/c1-2-26(14-15-26)24(38)42-37-25(39)36-27(18-19-8-4-3-5-9-19,20-10-6-12-22(16-20)40-28(30,31)32)21-11-7-13-23(17-21)41-29(33,34)35/h3-13,16-17H,2,14-15,18H2,1H3,(H2,36,37,39). The molecule has 0 atom stereocenters. The minimum Gasteiger partial charge on any atom is -0.406 e. The average Bonchev–Trinajstić information content (AvgIpc) is 3.72. The highest BCUT2D eigenvalue weighted by molar-refractivity contribution is 5.82. The van der Waals surface area contributed by atoms with Crippen LogP contribution in [0.3, 0.4) is 0 Å². The van der Waals surface area contributed by atoms with Crippen molar-refractivity contribution in [3.8, 4) is 11.5 Å². The van der Waals surface area contributed by atoms with Crippen molar-refractivity contribution in [3.05, 3.63) is 95.6 Å². The Morgan fingerprint density at radius 1 is 0.786 bits per heavy atom. The van der Waals surface area contributed by atoms with Crippen molar-refractivity contribution < 1.29 is 50.2 Å². The molecule has 3 aromatic carbocycles. The first-order valence-corrected chi connectivity index (χ1v) is 12.8. The number of ether oxygens (including phenoxy) is 2. The second-order valence-electron chi connectivity index (χ2n) is 9.80. The lowest BCUT2D eigenvalue weighted by Crippen LogP contribution is -2.52. The molecule has 0 heterocycles. The molecule has 1 aliphatic rings. The van der Waals surface area contributed by atoms with Gasteiger partial charge in [-0.05, 0) is 60.2 Å². The molecule has 42 heavy (non-hydrogen) atoms. The van der Waals surface area contributed by atoms with Crippen LogP contribution in [0.1, 0.15) is 42.9 Å². The Hall–Kier alpha value is -4.42. The van der Waals surface area contributed by atoms with E-state index in [0.29, 0.717) is 24.8 Å². The summed E-state index contributed by atoms with van der Waals surface area (Å²) in [5.41, 5.74) is 0.0923. The summed E-state index contributed by atoms with van der Waals surface area (Å²) in [6, 6.07) is 16.7. The maximum absolute atomic E-state index is 13.2. The molecule has 1 saturated carbocycles. The molecule has 1 fully saturated rings. The van der Waals surface area contributed by atoms with Gasteiger partial charge in [-0.25, -0.2) is 9.59 Å². The number of nitrogens with one attached hydrogen (secondary N) is 2. The number of alkyl halides is 6. The lowest BCUT2D eigenvalue weighted by Gasteiger charge is -2.36. The van der Waals surface area contributed by atoms with E-state index in [1.165, 1.54) is 24.3 Å². The summed E-state index contributed by atoms with van der Waals surface area (Å²) >= 11 is 0. The quantitative estimate of drug-likeness (QED) is 0.207. The zero-order chi connectivity index (χ0) is 30.6. The second-order valence-corrected chi connectivity index (χ2v) is 9.80. The molecule has 0 saturated heterocycles. The van der Waals surface area contributed by atoms with Crippen molar-refractivity contribution in [3.63, 3.8) is 0 Å². The zero-order valence-corrected chi connectivity index (χ0v) is 22.1. The maximum atomic E-state index is 13.2. The highest BCUT2D eigenvalue weighted by Gasteiger charge is 2.50. The van der Waals surface area contributed by atoms with Gasteiger partial charge in [0, 0.05) is 6.42 Å². The molecule has 7 nitrogen and oxygen atoms in total. The first-order valence-electron chi connectivity index (χ1n) is 12.8. The fourth-order valence-electron chi connectivity index (χ4n) is 4.65. The van der Waals surface area contributed by atoms with Crippen molar-refractivity contribution in [1.82, 2.24) is 10.8 Å². The fourth-order valence-corrected chi connectivity index (χ4v) is 4.65. The van der Waals surface area contributed by atoms with Crippen LogP contribution in [0, 0.1) is 5.41 Å². The predicted octanol–water partition coefficient (Wildman–Crippen LogP) is 6.92. The minimum atomic E-state index is -5.04. The largest absolute Gasteiger partial charge is 0.573 e. The highest BCUT2D eigenvalue weighted by Crippen LogP contribution is 2.49. The Morgan fingerprint density at radius 3 is 1.76 bits per heavy atom. The predicted molar refractivity (Wildman–Crippen MR) is 137 cm³/mol. The lowest BCUT2D eigenvalue weighted by atomic mass is 9.77. The minimum absolute atomic E-state index is 0.0194. The number of benzene rings is 3. The van der Waals surface area contributed by atoms with Gasteiger partial charge in [0.25, 0.3) is 0 Å².